The first-order chi connectivity index (χ1) is 15.4. The van der Waals surface area contributed by atoms with Gasteiger partial charge in [-0.3, -0.25) is 4.79 Å². The summed E-state index contributed by atoms with van der Waals surface area (Å²) in [5, 5.41) is 11.3. The van der Waals surface area contributed by atoms with E-state index in [2.05, 4.69) is 5.32 Å². The SMILES string of the molecule is N#CCNC(=O)C1CCCCC1CS(=O)(=O)c1ccc([S+]([O-])CCc2ccccc2)cc1. The van der Waals surface area contributed by atoms with E-state index < -0.39 is 26.9 Å². The van der Waals surface area contributed by atoms with Crippen molar-refractivity contribution in [3.8, 4) is 6.07 Å². The highest BCUT2D eigenvalue weighted by Crippen LogP contribution is 2.33. The third kappa shape index (κ3) is 6.58. The molecule has 3 rings (SSSR count). The van der Waals surface area contributed by atoms with E-state index in [0.717, 1.165) is 18.4 Å². The van der Waals surface area contributed by atoms with Gasteiger partial charge < -0.3 is 9.87 Å². The molecule has 1 aliphatic carbocycles. The molecular formula is C24H28N2O4S2. The number of hydrogen-bond acceptors (Lipinski definition) is 5. The fraction of sp³-hybridized carbons (Fsp3) is 0.417. The number of amides is 1. The Morgan fingerprint density at radius 3 is 2.47 bits per heavy atom. The van der Waals surface area contributed by atoms with E-state index in [4.69, 9.17) is 5.26 Å². The summed E-state index contributed by atoms with van der Waals surface area (Å²) in [7, 11) is -3.59. The van der Waals surface area contributed by atoms with E-state index >= 15 is 0 Å². The molecule has 1 aliphatic rings. The van der Waals surface area contributed by atoms with Gasteiger partial charge in [-0.25, -0.2) is 8.42 Å². The maximum atomic E-state index is 13.0. The predicted octanol–water partition coefficient (Wildman–Crippen LogP) is 3.26. The van der Waals surface area contributed by atoms with Gasteiger partial charge in [-0.1, -0.05) is 43.2 Å². The lowest BCUT2D eigenvalue weighted by atomic mass is 9.80. The van der Waals surface area contributed by atoms with Crippen LogP contribution >= 0.6 is 0 Å². The summed E-state index contributed by atoms with van der Waals surface area (Å²) >= 11 is -1.21. The molecule has 1 N–H and O–H groups in total. The smallest absolute Gasteiger partial charge is 0.224 e. The summed E-state index contributed by atoms with van der Waals surface area (Å²) < 4.78 is 38.6. The second-order valence-electron chi connectivity index (χ2n) is 8.07. The summed E-state index contributed by atoms with van der Waals surface area (Å²) in [6.07, 6.45) is 3.76. The predicted molar refractivity (Wildman–Crippen MR) is 124 cm³/mol. The molecule has 0 aromatic heterocycles. The van der Waals surface area contributed by atoms with Crippen LogP contribution in [0.5, 0.6) is 0 Å². The van der Waals surface area contributed by atoms with Crippen LogP contribution in [-0.2, 0) is 32.2 Å². The van der Waals surface area contributed by atoms with Crippen molar-refractivity contribution < 1.29 is 17.8 Å². The van der Waals surface area contributed by atoms with Gasteiger partial charge in [0.05, 0.1) is 16.7 Å². The molecule has 1 amide bonds. The van der Waals surface area contributed by atoms with Crippen LogP contribution in [0, 0.1) is 23.2 Å². The Balaban J connectivity index is 1.63. The number of nitrogens with zero attached hydrogens (tertiary/aromatic N) is 1. The van der Waals surface area contributed by atoms with Gasteiger partial charge in [0.1, 0.15) is 12.3 Å². The molecule has 8 heteroatoms. The zero-order chi connectivity index (χ0) is 23.0. The summed E-state index contributed by atoms with van der Waals surface area (Å²) in [5.74, 6) is -0.537. The van der Waals surface area contributed by atoms with Crippen molar-refractivity contribution in [3.05, 3.63) is 60.2 Å². The fourth-order valence-corrected chi connectivity index (χ4v) is 6.96. The molecule has 0 saturated heterocycles. The van der Waals surface area contributed by atoms with E-state index in [1.807, 2.05) is 36.4 Å². The summed E-state index contributed by atoms with van der Waals surface area (Å²) in [6, 6.07) is 18.0. The molecule has 1 saturated carbocycles. The normalized spacial score (nSPS) is 19.6. The average molecular weight is 473 g/mol. The second kappa shape index (κ2) is 11.5. The van der Waals surface area contributed by atoms with Crippen LogP contribution in [0.4, 0.5) is 0 Å². The van der Waals surface area contributed by atoms with Crippen LogP contribution in [0.25, 0.3) is 0 Å². The van der Waals surface area contributed by atoms with Gasteiger partial charge >= 0.3 is 0 Å². The van der Waals surface area contributed by atoms with Crippen molar-refractivity contribution in [2.24, 2.45) is 11.8 Å². The molecule has 3 unspecified atom stereocenters. The van der Waals surface area contributed by atoms with E-state index in [1.54, 1.807) is 12.1 Å². The van der Waals surface area contributed by atoms with Crippen LogP contribution in [0.3, 0.4) is 0 Å². The maximum Gasteiger partial charge on any atom is 0.224 e. The van der Waals surface area contributed by atoms with Crippen molar-refractivity contribution in [1.29, 1.82) is 5.26 Å². The molecule has 0 spiro atoms. The van der Waals surface area contributed by atoms with E-state index in [0.29, 0.717) is 29.9 Å². The lowest BCUT2D eigenvalue weighted by Gasteiger charge is -2.30. The first-order valence-corrected chi connectivity index (χ1v) is 13.8. The van der Waals surface area contributed by atoms with Gasteiger partial charge in [-0.05, 0) is 59.8 Å². The second-order valence-corrected chi connectivity index (χ2v) is 11.7. The molecule has 0 radical (unpaired) electrons. The number of carbonyl (C=O) groups is 1. The highest BCUT2D eigenvalue weighted by Gasteiger charge is 2.34. The van der Waals surface area contributed by atoms with Crippen molar-refractivity contribution in [2.45, 2.75) is 41.9 Å². The first-order valence-electron chi connectivity index (χ1n) is 10.8. The Labute approximate surface area is 193 Å². The number of carbonyl (C=O) groups excluding carboxylic acids is 1. The highest BCUT2D eigenvalue weighted by molar-refractivity contribution is 7.91. The minimum atomic E-state index is -3.59. The highest BCUT2D eigenvalue weighted by atomic mass is 32.2. The van der Waals surface area contributed by atoms with Gasteiger partial charge in [0, 0.05) is 12.3 Å². The standard InChI is InChI=1S/C24H28N2O4S2/c25-15-16-26-24(27)23-9-5-4-8-20(23)18-32(29,30)22-12-10-21(11-13-22)31(28)17-14-19-6-2-1-3-7-19/h1-3,6-7,10-13,20,23H,4-5,8-9,14,16-18H2,(H,26,27). The first kappa shape index (κ1) is 24.3. The third-order valence-corrected chi connectivity index (χ3v) is 9.12. The molecule has 32 heavy (non-hydrogen) atoms. The average Bonchev–Trinajstić information content (AvgIpc) is 2.82. The number of rotatable bonds is 9. The van der Waals surface area contributed by atoms with Gasteiger partial charge in [-0.2, -0.15) is 5.26 Å². The Bertz CT molecular complexity index is 1030. The number of sulfone groups is 1. The maximum absolute atomic E-state index is 13.0. The van der Waals surface area contributed by atoms with Crippen LogP contribution in [-0.4, -0.2) is 36.9 Å². The number of hydrogen-bond donors (Lipinski definition) is 1. The Kier molecular flexibility index (Phi) is 8.74. The Morgan fingerprint density at radius 1 is 1.09 bits per heavy atom. The molecule has 1 fully saturated rings. The summed E-state index contributed by atoms with van der Waals surface area (Å²) in [6.45, 7) is -0.0717. The van der Waals surface area contributed by atoms with Gasteiger partial charge in [0.2, 0.25) is 5.91 Å². The monoisotopic (exact) mass is 472 g/mol. The zero-order valence-corrected chi connectivity index (χ0v) is 19.5. The fourth-order valence-electron chi connectivity index (χ4n) is 4.16. The van der Waals surface area contributed by atoms with Gasteiger partial charge in [0.15, 0.2) is 14.7 Å². The van der Waals surface area contributed by atoms with Crippen LogP contribution in [0.15, 0.2) is 64.4 Å². The minimum absolute atomic E-state index is 0.0717. The molecule has 2 aromatic rings. The lowest BCUT2D eigenvalue weighted by molar-refractivity contribution is -0.127. The van der Waals surface area contributed by atoms with E-state index in [9.17, 15) is 17.8 Å². The topological polar surface area (TPSA) is 110 Å². The number of benzene rings is 2. The number of nitriles is 1. The van der Waals surface area contributed by atoms with Crippen molar-refractivity contribution in [2.75, 3.05) is 18.1 Å². The van der Waals surface area contributed by atoms with Crippen molar-refractivity contribution >= 4 is 26.9 Å². The molecule has 2 aromatic carbocycles. The molecule has 0 bridgehead atoms. The van der Waals surface area contributed by atoms with Crippen molar-refractivity contribution in [1.82, 2.24) is 5.32 Å². The van der Waals surface area contributed by atoms with Crippen LogP contribution < -0.4 is 5.32 Å². The van der Waals surface area contributed by atoms with Gasteiger partial charge in [-0.15, -0.1) is 0 Å². The largest absolute Gasteiger partial charge is 0.611 e. The molecule has 0 heterocycles. The molecule has 0 aliphatic heterocycles. The lowest BCUT2D eigenvalue weighted by Crippen LogP contribution is -2.39. The molecule has 170 valence electrons. The molecule has 6 nitrogen and oxygen atoms in total. The van der Waals surface area contributed by atoms with E-state index in [1.165, 1.54) is 12.1 Å². The van der Waals surface area contributed by atoms with Crippen molar-refractivity contribution in [3.63, 3.8) is 0 Å². The number of aryl methyl sites for hydroxylation is 1. The quantitative estimate of drug-likeness (QED) is 0.445. The zero-order valence-electron chi connectivity index (χ0n) is 17.9. The molecule has 3 atom stereocenters. The Morgan fingerprint density at radius 2 is 1.78 bits per heavy atom. The van der Waals surface area contributed by atoms with Gasteiger partial charge in [0.25, 0.3) is 0 Å². The summed E-state index contributed by atoms with van der Waals surface area (Å²) in [5.41, 5.74) is 1.11. The minimum Gasteiger partial charge on any atom is -0.611 e. The van der Waals surface area contributed by atoms with Crippen LogP contribution in [0.1, 0.15) is 31.2 Å². The Hall–Kier alpha value is -2.34. The summed E-state index contributed by atoms with van der Waals surface area (Å²) in [4.78, 5) is 13.2. The van der Waals surface area contributed by atoms with Crippen LogP contribution in [0.2, 0.25) is 0 Å². The number of nitrogens with one attached hydrogen (secondary N) is 1. The molecular weight excluding hydrogens is 444 g/mol. The van der Waals surface area contributed by atoms with E-state index in [-0.39, 0.29) is 29.0 Å². The third-order valence-electron chi connectivity index (χ3n) is 5.89.